The quantitative estimate of drug-likeness (QED) is 0.229. The second-order valence-electron chi connectivity index (χ2n) is 6.24. The Bertz CT molecular complexity index is 1310. The van der Waals surface area contributed by atoms with Crippen LogP contribution in [0, 0.1) is 10.8 Å². The molecule has 2 aromatic heterocycles. The molecule has 0 aliphatic heterocycles. The van der Waals surface area contributed by atoms with E-state index in [1.54, 1.807) is 48.1 Å². The van der Waals surface area contributed by atoms with Crippen LogP contribution < -0.4 is 9.47 Å². The monoisotopic (exact) mass is 498 g/mol. The fourth-order valence-corrected chi connectivity index (χ4v) is 2.49. The molecule has 2 aromatic carbocycles. The Kier molecular flexibility index (Phi) is 9.38. The lowest BCUT2D eigenvalue weighted by Gasteiger charge is -2.06. The number of benzene rings is 2. The maximum absolute atomic E-state index is 8.52. The molecule has 0 atom stereocenters. The minimum absolute atomic E-state index is 0.283. The van der Waals surface area contributed by atoms with Crippen molar-refractivity contribution in [3.63, 3.8) is 0 Å². The Hall–Kier alpha value is -4.83. The molecule has 0 saturated heterocycles. The predicted octanol–water partition coefficient (Wildman–Crippen LogP) is 3.39. The summed E-state index contributed by atoms with van der Waals surface area (Å²) in [5.41, 5.74) is 1.76. The van der Waals surface area contributed by atoms with Crippen molar-refractivity contribution < 1.29 is 27.0 Å². The van der Waals surface area contributed by atoms with Gasteiger partial charge in [0.1, 0.15) is 11.5 Å². The number of ether oxygens (including phenoxy) is 2. The molecule has 0 N–H and O–H groups in total. The molecule has 4 aromatic rings. The molecule has 35 heavy (non-hydrogen) atoms. The van der Waals surface area contributed by atoms with Crippen LogP contribution in [0.25, 0.3) is 21.3 Å². The van der Waals surface area contributed by atoms with Crippen LogP contribution in [0.15, 0.2) is 73.1 Å². The Morgan fingerprint density at radius 1 is 0.714 bits per heavy atom. The van der Waals surface area contributed by atoms with Gasteiger partial charge in [0, 0.05) is 20.4 Å². The van der Waals surface area contributed by atoms with E-state index in [-0.39, 0.29) is 11.6 Å². The van der Waals surface area contributed by atoms with Crippen molar-refractivity contribution in [1.29, 1.82) is 10.8 Å². The van der Waals surface area contributed by atoms with Crippen LogP contribution in [0.4, 0.5) is 11.6 Å². The normalized spacial score (nSPS) is 9.89. The van der Waals surface area contributed by atoms with E-state index in [0.29, 0.717) is 0 Å². The first kappa shape index (κ1) is 26.4. The molecular weight excluding hydrogens is 480 g/mol. The number of nitrogens with zero attached hydrogens (tertiary/aromatic N) is 8. The molecule has 0 radical (unpaired) electrons. The van der Waals surface area contributed by atoms with Crippen molar-refractivity contribution in [3.8, 4) is 22.9 Å². The van der Waals surface area contributed by atoms with Gasteiger partial charge in [-0.05, 0) is 48.5 Å². The zero-order valence-electron chi connectivity index (χ0n) is 18.4. The summed E-state index contributed by atoms with van der Waals surface area (Å²) in [7, 11) is -1.93. The van der Waals surface area contributed by atoms with Crippen LogP contribution >= 0.6 is 0 Å². The average molecular weight is 498 g/mol. The number of methoxy groups -OCH3 is 2. The molecule has 0 aliphatic carbocycles. The van der Waals surface area contributed by atoms with Gasteiger partial charge in [-0.3, -0.25) is 8.42 Å². The maximum Gasteiger partial charge on any atom is 0.488 e. The van der Waals surface area contributed by atoms with E-state index in [0.717, 1.165) is 22.9 Å². The summed E-state index contributed by atoms with van der Waals surface area (Å²) in [6.45, 7) is 0. The van der Waals surface area contributed by atoms with E-state index in [4.69, 9.17) is 37.8 Å². The molecular formula is C20H18N8O6S. The number of hydrogen-bond acceptors (Lipinski definition) is 10. The number of diazo groups is 2. The first-order valence-electron chi connectivity index (χ1n) is 9.44. The van der Waals surface area contributed by atoms with E-state index in [1.807, 2.05) is 48.5 Å². The molecule has 2 heterocycles. The van der Waals surface area contributed by atoms with Gasteiger partial charge in [0.15, 0.2) is 0 Å². The van der Waals surface area contributed by atoms with Crippen molar-refractivity contribution in [2.75, 3.05) is 14.2 Å². The zero-order chi connectivity index (χ0) is 25.8. The van der Waals surface area contributed by atoms with E-state index in [9.17, 15) is 0 Å². The lowest BCUT2D eigenvalue weighted by molar-refractivity contribution is 0.352. The maximum atomic E-state index is 8.52. The van der Waals surface area contributed by atoms with E-state index < -0.39 is 10.4 Å². The fourth-order valence-electron chi connectivity index (χ4n) is 2.49. The van der Waals surface area contributed by atoms with Crippen LogP contribution in [-0.2, 0) is 10.4 Å². The first-order valence-corrected chi connectivity index (χ1v) is 10.8. The van der Waals surface area contributed by atoms with Crippen LogP contribution in [0.3, 0.4) is 0 Å². The molecule has 180 valence electrons. The summed E-state index contributed by atoms with van der Waals surface area (Å²) in [5.74, 6) is 2.15. The summed E-state index contributed by atoms with van der Waals surface area (Å²) >= 11 is 0. The number of hydrogen-bond donors (Lipinski definition) is 0. The molecule has 0 amide bonds. The Morgan fingerprint density at radius 2 is 1.03 bits per heavy atom. The van der Waals surface area contributed by atoms with Crippen molar-refractivity contribution in [1.82, 2.24) is 19.6 Å². The lowest BCUT2D eigenvalue weighted by atomic mass is 10.3. The number of rotatable bonds is 4. The standard InChI is InChI=1S/2C10H9N4O.H2O4S/c2*1-15-9-4-2-8(3-5-9)14-7-6-10(12-11)13-14;1-5(2,3)4/h2*2-7H,1H3;(H2,1,2,3,4)/q2*+1;/p-2. The van der Waals surface area contributed by atoms with Crippen molar-refractivity contribution in [2.24, 2.45) is 0 Å². The number of aromatic nitrogens is 4. The average Bonchev–Trinajstić information content (AvgIpc) is 3.53. The van der Waals surface area contributed by atoms with Crippen LogP contribution in [0.5, 0.6) is 11.5 Å². The molecule has 15 heteroatoms. The summed E-state index contributed by atoms with van der Waals surface area (Å²) < 4.78 is 47.4. The molecule has 0 saturated carbocycles. The molecule has 0 aliphatic rings. The highest BCUT2D eigenvalue weighted by molar-refractivity contribution is 7.79. The Labute approximate surface area is 199 Å². The molecule has 0 spiro atoms. The lowest BCUT2D eigenvalue weighted by Crippen LogP contribution is -1.93. The Balaban J connectivity index is 0.000000208. The minimum Gasteiger partial charge on any atom is -0.759 e. The van der Waals surface area contributed by atoms with Crippen molar-refractivity contribution in [2.45, 2.75) is 0 Å². The molecule has 0 bridgehead atoms. The van der Waals surface area contributed by atoms with Crippen LogP contribution in [0.1, 0.15) is 0 Å². The van der Waals surface area contributed by atoms with Gasteiger partial charge in [-0.1, -0.05) is 0 Å². The zero-order valence-corrected chi connectivity index (χ0v) is 19.2. The van der Waals surface area contributed by atoms with Gasteiger partial charge in [-0.25, -0.2) is 0 Å². The second-order valence-corrected chi connectivity index (χ2v) is 7.06. The summed E-state index contributed by atoms with van der Waals surface area (Å²) in [4.78, 5) is 5.99. The molecule has 0 fully saturated rings. The molecule has 14 nitrogen and oxygen atoms in total. The van der Waals surface area contributed by atoms with Gasteiger partial charge in [0.2, 0.25) is 0 Å². The second kappa shape index (κ2) is 12.4. The third-order valence-corrected chi connectivity index (χ3v) is 4.03. The highest BCUT2D eigenvalue weighted by Gasteiger charge is 2.12. The smallest absolute Gasteiger partial charge is 0.488 e. The minimum atomic E-state index is -5.17. The first-order chi connectivity index (χ1) is 16.7. The van der Waals surface area contributed by atoms with Crippen LogP contribution in [-0.4, -0.2) is 51.3 Å². The highest BCUT2D eigenvalue weighted by atomic mass is 32.3. The van der Waals surface area contributed by atoms with E-state index in [2.05, 4.69) is 20.1 Å². The van der Waals surface area contributed by atoms with E-state index >= 15 is 0 Å². The summed E-state index contributed by atoms with van der Waals surface area (Å²) in [5, 5.41) is 25.0. The molecule has 0 unspecified atom stereocenters. The third kappa shape index (κ3) is 8.91. The predicted molar refractivity (Wildman–Crippen MR) is 120 cm³/mol. The van der Waals surface area contributed by atoms with Gasteiger partial charge in [-0.2, -0.15) is 0 Å². The topological polar surface area (TPSA) is 191 Å². The van der Waals surface area contributed by atoms with Gasteiger partial charge in [0.25, 0.3) is 0 Å². The van der Waals surface area contributed by atoms with Gasteiger partial charge >= 0.3 is 11.6 Å². The van der Waals surface area contributed by atoms with Crippen molar-refractivity contribution >= 4 is 22.0 Å². The molecule has 4 rings (SSSR count). The SMILES string of the molecule is COc1ccc(-n2ccc([N+]#N)n2)cc1.COc1ccc(-n2ccc([N+]#N)n2)cc1.O=S(=O)([O-])[O-]. The van der Waals surface area contributed by atoms with E-state index in [1.165, 1.54) is 0 Å². The summed E-state index contributed by atoms with van der Waals surface area (Å²) in [6.07, 6.45) is 3.44. The summed E-state index contributed by atoms with van der Waals surface area (Å²) in [6, 6.07) is 18.1. The third-order valence-electron chi connectivity index (χ3n) is 4.03. The van der Waals surface area contributed by atoms with Crippen molar-refractivity contribution in [3.05, 3.63) is 83.0 Å². The van der Waals surface area contributed by atoms with Gasteiger partial charge in [-0.15, -0.1) is 9.36 Å². The van der Waals surface area contributed by atoms with Gasteiger partial charge in [0.05, 0.1) is 71.1 Å². The highest BCUT2D eigenvalue weighted by Crippen LogP contribution is 2.17. The fraction of sp³-hybridized carbons (Fsp3) is 0.100. The van der Waals surface area contributed by atoms with Gasteiger partial charge < -0.3 is 18.6 Å². The van der Waals surface area contributed by atoms with Crippen LogP contribution in [0.2, 0.25) is 0 Å². The largest absolute Gasteiger partial charge is 0.759 e. The Morgan fingerprint density at radius 3 is 1.26 bits per heavy atom.